The molecule has 0 bridgehead atoms. The molecule has 1 amide bonds. The van der Waals surface area contributed by atoms with Crippen LogP contribution in [0.25, 0.3) is 0 Å². The van der Waals surface area contributed by atoms with Crippen molar-refractivity contribution in [2.45, 2.75) is 19.4 Å². The Balaban J connectivity index is 2.90. The number of carbonyl (C=O) groups excluding carboxylic acids is 1. The normalized spacial score (nSPS) is 11.6. The molecule has 0 heterocycles. The van der Waals surface area contributed by atoms with Crippen LogP contribution in [0.5, 0.6) is 0 Å². The Hall–Kier alpha value is -2.30. The first kappa shape index (κ1) is 13.8. The Morgan fingerprint density at radius 1 is 1.56 bits per heavy atom. The number of anilines is 1. The number of amides is 1. The van der Waals surface area contributed by atoms with E-state index in [-0.39, 0.29) is 6.42 Å². The van der Waals surface area contributed by atoms with Gasteiger partial charge in [-0.25, -0.2) is 4.79 Å². The van der Waals surface area contributed by atoms with E-state index >= 15 is 0 Å². The van der Waals surface area contributed by atoms with Gasteiger partial charge in [-0.1, -0.05) is 12.1 Å². The van der Waals surface area contributed by atoms with E-state index in [4.69, 9.17) is 10.8 Å². The minimum Gasteiger partial charge on any atom is -0.480 e. The lowest BCUT2D eigenvalue weighted by atomic mass is 10.1. The van der Waals surface area contributed by atoms with Gasteiger partial charge >= 0.3 is 5.97 Å². The van der Waals surface area contributed by atoms with E-state index in [2.05, 4.69) is 11.9 Å². The molecule has 1 aromatic carbocycles. The Kier molecular flexibility index (Phi) is 4.48. The first-order valence-electron chi connectivity index (χ1n) is 5.47. The fourth-order valence-electron chi connectivity index (χ4n) is 1.52. The summed E-state index contributed by atoms with van der Waals surface area (Å²) in [5.74, 6) is -1.54. The zero-order valence-corrected chi connectivity index (χ0v) is 10.1. The lowest BCUT2D eigenvalue weighted by Gasteiger charge is -2.14. The lowest BCUT2D eigenvalue weighted by Crippen LogP contribution is -2.40. The molecule has 1 unspecified atom stereocenters. The molecule has 0 aliphatic heterocycles. The molecule has 0 aliphatic rings. The summed E-state index contributed by atoms with van der Waals surface area (Å²) in [5, 5.41) is 11.4. The van der Waals surface area contributed by atoms with Gasteiger partial charge in [0.25, 0.3) is 5.91 Å². The summed E-state index contributed by atoms with van der Waals surface area (Å²) < 4.78 is 0. The van der Waals surface area contributed by atoms with Gasteiger partial charge in [0.15, 0.2) is 0 Å². The highest BCUT2D eigenvalue weighted by Gasteiger charge is 2.20. The van der Waals surface area contributed by atoms with Gasteiger partial charge in [-0.2, -0.15) is 0 Å². The largest absolute Gasteiger partial charge is 0.480 e. The Bertz CT molecular complexity index is 483. The molecule has 1 aromatic rings. The molecule has 5 nitrogen and oxygen atoms in total. The number of benzene rings is 1. The number of carbonyl (C=O) groups is 2. The molecule has 0 radical (unpaired) electrons. The van der Waals surface area contributed by atoms with Crippen LogP contribution < -0.4 is 11.1 Å². The van der Waals surface area contributed by atoms with E-state index in [9.17, 15) is 9.59 Å². The second-order valence-electron chi connectivity index (χ2n) is 3.91. The van der Waals surface area contributed by atoms with Crippen LogP contribution in [0.2, 0.25) is 0 Å². The number of carboxylic acids is 1. The number of hydrogen-bond acceptors (Lipinski definition) is 3. The molecule has 0 saturated carbocycles. The van der Waals surface area contributed by atoms with E-state index in [0.717, 1.165) is 0 Å². The van der Waals surface area contributed by atoms with Crippen molar-refractivity contribution in [2.75, 3.05) is 5.73 Å². The van der Waals surface area contributed by atoms with Gasteiger partial charge in [0.1, 0.15) is 6.04 Å². The second kappa shape index (κ2) is 5.86. The SMILES string of the molecule is C=CCC(NC(=O)c1cccc(N)c1C)C(=O)O. The summed E-state index contributed by atoms with van der Waals surface area (Å²) in [6, 6.07) is 3.97. The standard InChI is InChI=1S/C13H16N2O3/c1-3-5-11(13(17)18)15-12(16)9-6-4-7-10(14)8(9)2/h3-4,6-7,11H,1,5,14H2,2H3,(H,15,16)(H,17,18). The van der Waals surface area contributed by atoms with Gasteiger partial charge in [-0.05, 0) is 31.0 Å². The number of carboxylic acid groups (broad SMARTS) is 1. The van der Waals surface area contributed by atoms with Gasteiger partial charge in [-0.3, -0.25) is 4.79 Å². The van der Waals surface area contributed by atoms with Crippen molar-refractivity contribution in [3.05, 3.63) is 42.0 Å². The molecular formula is C13H16N2O3. The van der Waals surface area contributed by atoms with E-state index in [1.807, 2.05) is 0 Å². The highest BCUT2D eigenvalue weighted by Crippen LogP contribution is 2.15. The van der Waals surface area contributed by atoms with E-state index in [0.29, 0.717) is 16.8 Å². The number of rotatable bonds is 5. The van der Waals surface area contributed by atoms with Crippen LogP contribution in [-0.2, 0) is 4.79 Å². The van der Waals surface area contributed by atoms with Gasteiger partial charge in [0.05, 0.1) is 0 Å². The average Bonchev–Trinajstić information content (AvgIpc) is 2.31. The van der Waals surface area contributed by atoms with E-state index in [1.54, 1.807) is 25.1 Å². The molecule has 0 saturated heterocycles. The van der Waals surface area contributed by atoms with Crippen LogP contribution in [0.1, 0.15) is 22.3 Å². The minimum atomic E-state index is -1.09. The van der Waals surface area contributed by atoms with Gasteiger partial charge in [-0.15, -0.1) is 6.58 Å². The van der Waals surface area contributed by atoms with Crippen LogP contribution in [0.15, 0.2) is 30.9 Å². The molecule has 0 fully saturated rings. The fraction of sp³-hybridized carbons (Fsp3) is 0.231. The summed E-state index contributed by atoms with van der Waals surface area (Å²) in [5.41, 5.74) is 7.21. The molecule has 4 N–H and O–H groups in total. The predicted molar refractivity (Wildman–Crippen MR) is 69.3 cm³/mol. The smallest absolute Gasteiger partial charge is 0.326 e. The van der Waals surface area contributed by atoms with Crippen molar-refractivity contribution in [3.8, 4) is 0 Å². The maximum Gasteiger partial charge on any atom is 0.326 e. The van der Waals surface area contributed by atoms with Crippen molar-refractivity contribution in [3.63, 3.8) is 0 Å². The molecular weight excluding hydrogens is 232 g/mol. The number of nitrogen functional groups attached to an aromatic ring is 1. The highest BCUT2D eigenvalue weighted by molar-refractivity contribution is 5.98. The molecule has 0 aromatic heterocycles. The van der Waals surface area contributed by atoms with E-state index < -0.39 is 17.9 Å². The van der Waals surface area contributed by atoms with Gasteiger partial charge < -0.3 is 16.2 Å². The van der Waals surface area contributed by atoms with Crippen LogP contribution in [0.3, 0.4) is 0 Å². The zero-order valence-electron chi connectivity index (χ0n) is 10.1. The second-order valence-corrected chi connectivity index (χ2v) is 3.91. The summed E-state index contributed by atoms with van der Waals surface area (Å²) in [6.45, 7) is 5.18. The molecule has 1 rings (SSSR count). The number of aliphatic carboxylic acids is 1. The Morgan fingerprint density at radius 2 is 2.22 bits per heavy atom. The van der Waals surface area contributed by atoms with Crippen LogP contribution in [0, 0.1) is 6.92 Å². The quantitative estimate of drug-likeness (QED) is 0.541. The third-order valence-corrected chi connectivity index (χ3v) is 2.63. The Morgan fingerprint density at radius 3 is 2.78 bits per heavy atom. The molecule has 5 heteroatoms. The van der Waals surface area contributed by atoms with Crippen molar-refractivity contribution < 1.29 is 14.7 Å². The van der Waals surface area contributed by atoms with Crippen LogP contribution >= 0.6 is 0 Å². The summed E-state index contributed by atoms with van der Waals surface area (Å²) in [4.78, 5) is 22.9. The summed E-state index contributed by atoms with van der Waals surface area (Å²) in [6.07, 6.45) is 1.62. The molecule has 0 spiro atoms. The first-order chi connectivity index (χ1) is 8.47. The average molecular weight is 248 g/mol. The Labute approximate surface area is 105 Å². The molecule has 18 heavy (non-hydrogen) atoms. The maximum atomic E-state index is 11.9. The topological polar surface area (TPSA) is 92.4 Å². The van der Waals surface area contributed by atoms with Crippen LogP contribution in [-0.4, -0.2) is 23.0 Å². The van der Waals surface area contributed by atoms with Gasteiger partial charge in [0, 0.05) is 11.3 Å². The predicted octanol–water partition coefficient (Wildman–Crippen LogP) is 1.34. The van der Waals surface area contributed by atoms with Crippen molar-refractivity contribution in [1.82, 2.24) is 5.32 Å². The van der Waals surface area contributed by atoms with Gasteiger partial charge in [0.2, 0.25) is 0 Å². The summed E-state index contributed by atoms with van der Waals surface area (Å²) >= 11 is 0. The van der Waals surface area contributed by atoms with Crippen molar-refractivity contribution >= 4 is 17.6 Å². The zero-order chi connectivity index (χ0) is 13.7. The van der Waals surface area contributed by atoms with Crippen LogP contribution in [0.4, 0.5) is 5.69 Å². The lowest BCUT2D eigenvalue weighted by molar-refractivity contribution is -0.139. The third kappa shape index (κ3) is 3.10. The summed E-state index contributed by atoms with van der Waals surface area (Å²) in [7, 11) is 0. The molecule has 0 aliphatic carbocycles. The monoisotopic (exact) mass is 248 g/mol. The third-order valence-electron chi connectivity index (χ3n) is 2.63. The highest BCUT2D eigenvalue weighted by atomic mass is 16.4. The maximum absolute atomic E-state index is 11.9. The fourth-order valence-corrected chi connectivity index (χ4v) is 1.52. The first-order valence-corrected chi connectivity index (χ1v) is 5.47. The number of hydrogen-bond donors (Lipinski definition) is 3. The molecule has 96 valence electrons. The molecule has 1 atom stereocenters. The number of nitrogens with two attached hydrogens (primary N) is 1. The number of nitrogens with one attached hydrogen (secondary N) is 1. The minimum absolute atomic E-state index is 0.169. The van der Waals surface area contributed by atoms with Crippen molar-refractivity contribution in [2.24, 2.45) is 0 Å². The van der Waals surface area contributed by atoms with E-state index in [1.165, 1.54) is 6.08 Å². The van der Waals surface area contributed by atoms with Crippen molar-refractivity contribution in [1.29, 1.82) is 0 Å².